The Labute approximate surface area is 209 Å². The molecule has 2 aromatic rings. The molecule has 0 N–H and O–H groups in total. The zero-order valence-corrected chi connectivity index (χ0v) is 24.5. The van der Waals surface area contributed by atoms with Gasteiger partial charge in [-0.1, -0.05) is 0 Å². The van der Waals surface area contributed by atoms with Crippen LogP contribution in [0.2, 0.25) is 0 Å². The summed E-state index contributed by atoms with van der Waals surface area (Å²) in [6.07, 6.45) is 13.7. The Hall–Kier alpha value is -1.33. The third-order valence-electron chi connectivity index (χ3n) is 8.07. The summed E-state index contributed by atoms with van der Waals surface area (Å²) in [5.74, 6) is 0. The third kappa shape index (κ3) is 3.97. The predicted molar refractivity (Wildman–Crippen MR) is 142 cm³/mol. The topological polar surface area (TPSA) is 0 Å². The molecule has 0 aliphatic heterocycles. The van der Waals surface area contributed by atoms with Gasteiger partial charge in [-0.2, -0.15) is 0 Å². The number of benzene rings is 2. The maximum absolute atomic E-state index is 2.59. The van der Waals surface area contributed by atoms with Gasteiger partial charge in [0, 0.05) is 0 Å². The van der Waals surface area contributed by atoms with E-state index in [2.05, 4.69) is 91.8 Å². The molecule has 0 saturated heterocycles. The number of aryl methyl sites for hydroxylation is 1. The fraction of sp³-hybridized carbons (Fsp3) is 0.469. The van der Waals surface area contributed by atoms with Crippen LogP contribution in [0.3, 0.4) is 0 Å². The summed E-state index contributed by atoms with van der Waals surface area (Å²) < 4.78 is 5.62. The molecule has 0 heterocycles. The molecule has 5 rings (SSSR count). The Morgan fingerprint density at radius 3 is 2.03 bits per heavy atom. The van der Waals surface area contributed by atoms with Crippen LogP contribution in [0.5, 0.6) is 0 Å². The maximum atomic E-state index is 2.59. The second-order valence-corrected chi connectivity index (χ2v) is 19.0. The van der Waals surface area contributed by atoms with Gasteiger partial charge in [0.2, 0.25) is 0 Å². The molecule has 0 amide bonds. The quantitative estimate of drug-likeness (QED) is 0.325. The van der Waals surface area contributed by atoms with Crippen molar-refractivity contribution in [2.24, 2.45) is 0 Å². The van der Waals surface area contributed by atoms with Crippen LogP contribution in [-0.2, 0) is 38.5 Å². The van der Waals surface area contributed by atoms with Gasteiger partial charge in [-0.15, -0.1) is 0 Å². The Kier molecular flexibility index (Phi) is 5.76. The molecule has 172 valence electrons. The van der Waals surface area contributed by atoms with Crippen LogP contribution in [0.4, 0.5) is 0 Å². The van der Waals surface area contributed by atoms with E-state index in [1.807, 2.05) is 9.76 Å². The molecule has 0 aromatic heterocycles. The van der Waals surface area contributed by atoms with E-state index in [0.29, 0.717) is 0 Å². The zero-order chi connectivity index (χ0) is 23.7. The zero-order valence-electron chi connectivity index (χ0n) is 22.0. The molecule has 2 aromatic carbocycles. The molecule has 3 aliphatic carbocycles. The number of allylic oxidation sites excluding steroid dienone is 4. The van der Waals surface area contributed by atoms with Gasteiger partial charge in [0.15, 0.2) is 0 Å². The SMILES string of the molecule is Cc1cc2c(cc1C(C)(C)C)-c1cc(C(C)(C)C)c(C)[c]([Zr]([C]3=CC=CC3)=[C]3CCC3)c1C2. The Morgan fingerprint density at radius 1 is 0.818 bits per heavy atom. The normalized spacial score (nSPS) is 17.1. The van der Waals surface area contributed by atoms with Gasteiger partial charge in [-0.25, -0.2) is 0 Å². The van der Waals surface area contributed by atoms with Crippen LogP contribution in [0, 0.1) is 13.8 Å². The van der Waals surface area contributed by atoms with Gasteiger partial charge >= 0.3 is 210 Å². The van der Waals surface area contributed by atoms with Gasteiger partial charge in [0.25, 0.3) is 0 Å². The third-order valence-corrected chi connectivity index (χ3v) is 16.4. The van der Waals surface area contributed by atoms with Crippen molar-refractivity contribution in [1.82, 2.24) is 0 Å². The Balaban J connectivity index is 1.82. The molecule has 33 heavy (non-hydrogen) atoms. The van der Waals surface area contributed by atoms with E-state index < -0.39 is 21.3 Å². The molecule has 0 atom stereocenters. The number of rotatable bonds is 2. The molecule has 1 fully saturated rings. The van der Waals surface area contributed by atoms with Crippen molar-refractivity contribution >= 4 is 6.48 Å². The summed E-state index contributed by atoms with van der Waals surface area (Å²) in [6.45, 7) is 19.1. The summed E-state index contributed by atoms with van der Waals surface area (Å²) in [5, 5.41) is 0. The average molecular weight is 516 g/mol. The summed E-state index contributed by atoms with van der Waals surface area (Å²) in [4.78, 5) is 0. The molecule has 1 saturated carbocycles. The second kappa shape index (κ2) is 8.12. The van der Waals surface area contributed by atoms with Crippen LogP contribution in [0.25, 0.3) is 11.1 Å². The van der Waals surface area contributed by atoms with Crippen molar-refractivity contribution in [3.8, 4) is 11.1 Å². The summed E-state index contributed by atoms with van der Waals surface area (Å²) >= 11 is -2.06. The minimum atomic E-state index is -2.06. The van der Waals surface area contributed by atoms with E-state index in [-0.39, 0.29) is 10.8 Å². The van der Waals surface area contributed by atoms with Crippen molar-refractivity contribution < 1.29 is 21.3 Å². The van der Waals surface area contributed by atoms with E-state index in [1.165, 1.54) is 42.4 Å². The van der Waals surface area contributed by atoms with Crippen LogP contribution in [0.15, 0.2) is 39.7 Å². The van der Waals surface area contributed by atoms with Gasteiger partial charge in [-0.3, -0.25) is 0 Å². The summed E-state index contributed by atoms with van der Waals surface area (Å²) in [6, 6.07) is 7.66. The molecule has 3 aliphatic rings. The van der Waals surface area contributed by atoms with Crippen LogP contribution < -0.4 is 3.27 Å². The number of hydrogen-bond acceptors (Lipinski definition) is 0. The Morgan fingerprint density at radius 2 is 1.48 bits per heavy atom. The molecule has 0 unspecified atom stereocenters. The van der Waals surface area contributed by atoms with Crippen molar-refractivity contribution in [3.63, 3.8) is 0 Å². The first-order valence-corrected chi connectivity index (χ1v) is 16.6. The van der Waals surface area contributed by atoms with Gasteiger partial charge in [0.05, 0.1) is 0 Å². The van der Waals surface area contributed by atoms with Crippen LogP contribution >= 0.6 is 0 Å². The molecule has 0 spiro atoms. The van der Waals surface area contributed by atoms with E-state index in [4.69, 9.17) is 0 Å². The molecular formula is C32H40Zr. The van der Waals surface area contributed by atoms with Crippen molar-refractivity contribution in [1.29, 1.82) is 0 Å². The van der Waals surface area contributed by atoms with E-state index in [0.717, 1.165) is 6.42 Å². The molecule has 0 bridgehead atoms. The van der Waals surface area contributed by atoms with Crippen molar-refractivity contribution in [2.75, 3.05) is 0 Å². The van der Waals surface area contributed by atoms with E-state index in [9.17, 15) is 0 Å². The predicted octanol–water partition coefficient (Wildman–Crippen LogP) is 7.91. The van der Waals surface area contributed by atoms with Crippen LogP contribution in [-0.4, -0.2) is 3.21 Å². The first-order chi connectivity index (χ1) is 15.5. The van der Waals surface area contributed by atoms with Gasteiger partial charge in [-0.05, 0) is 0 Å². The fourth-order valence-electron chi connectivity index (χ4n) is 6.34. The molecule has 0 radical (unpaired) electrons. The van der Waals surface area contributed by atoms with E-state index in [1.54, 1.807) is 27.8 Å². The first-order valence-electron chi connectivity index (χ1n) is 12.9. The monoisotopic (exact) mass is 514 g/mol. The van der Waals surface area contributed by atoms with Crippen LogP contribution in [0.1, 0.15) is 101 Å². The van der Waals surface area contributed by atoms with Crippen molar-refractivity contribution in [2.45, 2.75) is 98.3 Å². The fourth-order valence-corrected chi connectivity index (χ4v) is 15.2. The standard InChI is InChI=1S/C23H29.C5H5.C4H6.Zr/c1-14-9-16-11-17-10-15(2)21(23(6,7)8)13-19(17)18(16)12-20(14)22(3,4)5;1-2-4-5-3-1;1-2-4-3-1;/h9,12-13H,11H2,1-8H3;1-3H,4H2;1-3H2;. The van der Waals surface area contributed by atoms with E-state index >= 15 is 0 Å². The summed E-state index contributed by atoms with van der Waals surface area (Å²) in [5.41, 5.74) is 12.8. The molecule has 1 heteroatoms. The van der Waals surface area contributed by atoms with Gasteiger partial charge in [0.1, 0.15) is 0 Å². The summed E-state index contributed by atoms with van der Waals surface area (Å²) in [7, 11) is 0. The number of fused-ring (bicyclic) bond motifs is 3. The Bertz CT molecular complexity index is 1240. The second-order valence-electron chi connectivity index (χ2n) is 12.6. The van der Waals surface area contributed by atoms with Crippen molar-refractivity contribution in [3.05, 3.63) is 73.1 Å². The first kappa shape index (κ1) is 23.4. The number of hydrogen-bond donors (Lipinski definition) is 0. The minimum absolute atomic E-state index is 0.162. The molecular weight excluding hydrogens is 476 g/mol. The molecule has 0 nitrogen and oxygen atoms in total. The van der Waals surface area contributed by atoms with Gasteiger partial charge < -0.3 is 0 Å². The average Bonchev–Trinajstić information content (AvgIpc) is 3.29.